The Hall–Kier alpha value is -1.09. The number of rotatable bonds is 3. The fourth-order valence-electron chi connectivity index (χ4n) is 3.22. The number of pyridine rings is 1. The fourth-order valence-corrected chi connectivity index (χ4v) is 5.39. The Morgan fingerprint density at radius 3 is 2.38 bits per heavy atom. The molecule has 1 aromatic carbocycles. The first-order chi connectivity index (χ1) is 10.0. The second-order valence-corrected chi connectivity index (χ2v) is 17.9. The van der Waals surface area contributed by atoms with Crippen LogP contribution in [0.5, 0.6) is 0 Å². The van der Waals surface area contributed by atoms with Gasteiger partial charge in [-0.15, -0.1) is 0 Å². The SMILES string of the molecule is [CH3][Ge]([CH3])([CH3])[c]1ccc(-c2cccc(C3CCCC3)c2)nc1. The molecule has 21 heavy (non-hydrogen) atoms. The topological polar surface area (TPSA) is 12.9 Å². The van der Waals surface area contributed by atoms with Gasteiger partial charge < -0.3 is 0 Å². The summed E-state index contributed by atoms with van der Waals surface area (Å²) in [7, 11) is 0. The average Bonchev–Trinajstić information content (AvgIpc) is 3.01. The Labute approximate surface area is 131 Å². The molecule has 0 bridgehead atoms. The van der Waals surface area contributed by atoms with E-state index in [1.54, 1.807) is 0 Å². The van der Waals surface area contributed by atoms with Gasteiger partial charge >= 0.3 is 131 Å². The van der Waals surface area contributed by atoms with Gasteiger partial charge in [0.15, 0.2) is 0 Å². The van der Waals surface area contributed by atoms with Crippen molar-refractivity contribution in [1.29, 1.82) is 0 Å². The Balaban J connectivity index is 1.88. The van der Waals surface area contributed by atoms with E-state index in [2.05, 4.69) is 59.9 Å². The van der Waals surface area contributed by atoms with Crippen molar-refractivity contribution in [2.75, 3.05) is 0 Å². The van der Waals surface area contributed by atoms with E-state index in [4.69, 9.17) is 4.98 Å². The van der Waals surface area contributed by atoms with Crippen LogP contribution in [0.1, 0.15) is 37.2 Å². The molecule has 110 valence electrons. The van der Waals surface area contributed by atoms with E-state index in [1.165, 1.54) is 41.2 Å². The van der Waals surface area contributed by atoms with Crippen molar-refractivity contribution < 1.29 is 0 Å². The standard InChI is InChI=1S/C19H25GeN/c1-20(2,3)18-11-12-19(21-14-18)17-10-6-9-16(13-17)15-7-4-5-8-15/h6,9-15H,4-5,7-8H2,1-3H3. The molecule has 0 spiro atoms. The molecular weight excluding hydrogens is 315 g/mol. The molecule has 1 aromatic heterocycles. The molecule has 0 unspecified atom stereocenters. The summed E-state index contributed by atoms with van der Waals surface area (Å²) in [5.74, 6) is 8.01. The first-order valence-corrected chi connectivity index (χ1v) is 15.5. The number of aromatic nitrogens is 1. The summed E-state index contributed by atoms with van der Waals surface area (Å²) in [5, 5.41) is 0. The summed E-state index contributed by atoms with van der Waals surface area (Å²) in [6.45, 7) is 0. The van der Waals surface area contributed by atoms with Crippen LogP contribution >= 0.6 is 0 Å². The van der Waals surface area contributed by atoms with Crippen molar-refractivity contribution in [3.63, 3.8) is 0 Å². The third-order valence-corrected chi connectivity index (χ3v) is 8.89. The predicted octanol–water partition coefficient (Wildman–Crippen LogP) is 4.95. The van der Waals surface area contributed by atoms with Gasteiger partial charge in [-0.2, -0.15) is 0 Å². The van der Waals surface area contributed by atoms with E-state index in [1.807, 2.05) is 0 Å². The van der Waals surface area contributed by atoms with Crippen LogP contribution in [0.15, 0.2) is 42.6 Å². The zero-order chi connectivity index (χ0) is 14.9. The van der Waals surface area contributed by atoms with E-state index in [9.17, 15) is 0 Å². The van der Waals surface area contributed by atoms with Crippen LogP contribution in [0.2, 0.25) is 17.3 Å². The molecule has 0 saturated heterocycles. The van der Waals surface area contributed by atoms with Gasteiger partial charge in [0, 0.05) is 0 Å². The Morgan fingerprint density at radius 2 is 1.76 bits per heavy atom. The van der Waals surface area contributed by atoms with Crippen LogP contribution in [-0.2, 0) is 0 Å². The summed E-state index contributed by atoms with van der Waals surface area (Å²) in [6, 6.07) is 13.5. The second kappa shape index (κ2) is 5.96. The van der Waals surface area contributed by atoms with Crippen molar-refractivity contribution in [3.05, 3.63) is 48.2 Å². The maximum atomic E-state index is 4.73. The number of hydrogen-bond acceptors (Lipinski definition) is 1. The van der Waals surface area contributed by atoms with Gasteiger partial charge in [0.1, 0.15) is 0 Å². The molecule has 1 aliphatic carbocycles. The minimum absolute atomic E-state index is 0.772. The Kier molecular flexibility index (Phi) is 4.21. The molecule has 0 aliphatic heterocycles. The molecular formula is C19H25GeN. The molecule has 0 amide bonds. The van der Waals surface area contributed by atoms with Gasteiger partial charge in [-0.3, -0.25) is 0 Å². The fraction of sp³-hybridized carbons (Fsp3) is 0.421. The van der Waals surface area contributed by atoms with Gasteiger partial charge in [-0.05, 0) is 0 Å². The van der Waals surface area contributed by atoms with Crippen molar-refractivity contribution >= 4 is 17.7 Å². The Bertz CT molecular complexity index is 604. The minimum atomic E-state index is -1.75. The molecule has 1 aliphatic rings. The van der Waals surface area contributed by atoms with E-state index in [0.717, 1.165) is 11.6 Å². The second-order valence-electron chi connectivity index (χ2n) is 7.29. The van der Waals surface area contributed by atoms with Crippen molar-refractivity contribution in [1.82, 2.24) is 4.98 Å². The number of nitrogens with zero attached hydrogens (tertiary/aromatic N) is 1. The zero-order valence-electron chi connectivity index (χ0n) is 13.4. The van der Waals surface area contributed by atoms with Crippen LogP contribution in [-0.4, -0.2) is 18.3 Å². The third kappa shape index (κ3) is 3.40. The van der Waals surface area contributed by atoms with Crippen LogP contribution < -0.4 is 4.40 Å². The van der Waals surface area contributed by atoms with Gasteiger partial charge in [-0.1, -0.05) is 0 Å². The van der Waals surface area contributed by atoms with Crippen LogP contribution in [0.4, 0.5) is 0 Å². The number of hydrogen-bond donors (Lipinski definition) is 0. The molecule has 3 rings (SSSR count). The molecule has 1 fully saturated rings. The summed E-state index contributed by atoms with van der Waals surface area (Å²) >= 11 is -1.75. The van der Waals surface area contributed by atoms with E-state index in [-0.39, 0.29) is 0 Å². The van der Waals surface area contributed by atoms with Gasteiger partial charge in [0.2, 0.25) is 0 Å². The molecule has 2 heteroatoms. The molecule has 1 saturated carbocycles. The summed E-state index contributed by atoms with van der Waals surface area (Å²) in [4.78, 5) is 4.73. The monoisotopic (exact) mass is 341 g/mol. The maximum absolute atomic E-state index is 4.73. The average molecular weight is 340 g/mol. The summed E-state index contributed by atoms with van der Waals surface area (Å²) in [5.41, 5.74) is 3.89. The number of benzene rings is 1. The predicted molar refractivity (Wildman–Crippen MR) is 93.9 cm³/mol. The molecule has 0 radical (unpaired) electrons. The quantitative estimate of drug-likeness (QED) is 0.721. The normalized spacial score (nSPS) is 16.3. The van der Waals surface area contributed by atoms with Gasteiger partial charge in [0.25, 0.3) is 0 Å². The first kappa shape index (κ1) is 14.8. The first-order valence-electron chi connectivity index (χ1n) is 8.11. The molecule has 0 atom stereocenters. The van der Waals surface area contributed by atoms with Gasteiger partial charge in [0.05, 0.1) is 0 Å². The molecule has 0 N–H and O–H groups in total. The van der Waals surface area contributed by atoms with Crippen molar-refractivity contribution in [2.24, 2.45) is 0 Å². The van der Waals surface area contributed by atoms with Crippen LogP contribution in [0.25, 0.3) is 11.3 Å². The van der Waals surface area contributed by atoms with E-state index < -0.39 is 13.3 Å². The third-order valence-electron chi connectivity index (χ3n) is 4.64. The molecule has 1 heterocycles. The van der Waals surface area contributed by atoms with E-state index >= 15 is 0 Å². The molecule has 2 aromatic rings. The van der Waals surface area contributed by atoms with Crippen molar-refractivity contribution in [3.8, 4) is 11.3 Å². The van der Waals surface area contributed by atoms with E-state index in [0.29, 0.717) is 0 Å². The summed E-state index contributed by atoms with van der Waals surface area (Å²) in [6.07, 6.45) is 7.59. The summed E-state index contributed by atoms with van der Waals surface area (Å²) < 4.78 is 1.48. The van der Waals surface area contributed by atoms with Crippen LogP contribution in [0, 0.1) is 0 Å². The zero-order valence-corrected chi connectivity index (χ0v) is 15.5. The molecule has 1 nitrogen and oxygen atoms in total. The van der Waals surface area contributed by atoms with Crippen LogP contribution in [0.3, 0.4) is 0 Å². The van der Waals surface area contributed by atoms with Gasteiger partial charge in [-0.25, -0.2) is 0 Å². The Morgan fingerprint density at radius 1 is 1.00 bits per heavy atom. The van der Waals surface area contributed by atoms with Crippen molar-refractivity contribution in [2.45, 2.75) is 48.9 Å².